The van der Waals surface area contributed by atoms with Crippen LogP contribution in [0.1, 0.15) is 69.9 Å². The third-order valence-corrected chi connectivity index (χ3v) is 10.7. The van der Waals surface area contributed by atoms with Crippen molar-refractivity contribution in [3.05, 3.63) is 138 Å². The molecule has 0 aliphatic heterocycles. The Morgan fingerprint density at radius 2 is 1.37 bits per heavy atom. The van der Waals surface area contributed by atoms with Crippen LogP contribution in [0.3, 0.4) is 0 Å². The lowest BCUT2D eigenvalue weighted by molar-refractivity contribution is -0.107. The SMILES string of the molecule is C=C(C)C1CCC(C)=CC1c1c(OCOP(=O)(Oc2ccccc2)Oc2ccccc2)cc(CCCCC)cc1OOP(C)(=O)Oc1ccccc1. The fraction of sp³-hybridized carbons (Fsp3) is 0.317. The first-order valence-electron chi connectivity index (χ1n) is 17.6. The van der Waals surface area contributed by atoms with Crippen molar-refractivity contribution in [1.29, 1.82) is 0 Å². The summed E-state index contributed by atoms with van der Waals surface area (Å²) >= 11 is 0. The molecular weight excluding hydrogens is 698 g/mol. The van der Waals surface area contributed by atoms with E-state index in [2.05, 4.69) is 26.5 Å². The lowest BCUT2D eigenvalue weighted by Gasteiger charge is -2.32. The second-order valence-electron chi connectivity index (χ2n) is 13.0. The summed E-state index contributed by atoms with van der Waals surface area (Å²) in [4.78, 5) is 6.01. The van der Waals surface area contributed by atoms with Crippen LogP contribution < -0.4 is 23.2 Å². The quantitative estimate of drug-likeness (QED) is 0.0232. The molecular formula is C41H48O9P2. The average molecular weight is 747 g/mol. The number of unbranched alkanes of at least 4 members (excludes halogenated alkanes) is 2. The predicted octanol–water partition coefficient (Wildman–Crippen LogP) is 12.3. The zero-order valence-corrected chi connectivity index (χ0v) is 32.1. The van der Waals surface area contributed by atoms with Crippen LogP contribution in [0.25, 0.3) is 0 Å². The van der Waals surface area contributed by atoms with Crippen molar-refractivity contribution in [3.63, 3.8) is 0 Å². The summed E-state index contributed by atoms with van der Waals surface area (Å²) in [6.07, 6.45) is 7.69. The first kappa shape index (κ1) is 39.0. The van der Waals surface area contributed by atoms with Gasteiger partial charge in [-0.15, -0.1) is 0 Å². The van der Waals surface area contributed by atoms with Gasteiger partial charge in [0.1, 0.15) is 23.0 Å². The summed E-state index contributed by atoms with van der Waals surface area (Å²) in [7, 11) is -8.00. The van der Waals surface area contributed by atoms with Gasteiger partial charge in [-0.25, -0.2) is 13.7 Å². The van der Waals surface area contributed by atoms with Gasteiger partial charge >= 0.3 is 15.4 Å². The van der Waals surface area contributed by atoms with Crippen molar-refractivity contribution >= 4 is 15.4 Å². The maximum atomic E-state index is 14.1. The smallest absolute Gasteiger partial charge is 0.466 e. The van der Waals surface area contributed by atoms with Gasteiger partial charge in [0.2, 0.25) is 6.79 Å². The Balaban J connectivity index is 1.51. The molecule has 276 valence electrons. The number of rotatable bonds is 19. The summed E-state index contributed by atoms with van der Waals surface area (Å²) in [5.41, 5.74) is 3.76. The van der Waals surface area contributed by atoms with E-state index in [4.69, 9.17) is 32.4 Å². The van der Waals surface area contributed by atoms with Gasteiger partial charge in [0.05, 0.1) is 6.66 Å². The van der Waals surface area contributed by atoms with E-state index in [1.807, 2.05) is 37.3 Å². The van der Waals surface area contributed by atoms with Crippen molar-refractivity contribution in [2.75, 3.05) is 13.5 Å². The van der Waals surface area contributed by atoms with Crippen LogP contribution in [0.2, 0.25) is 0 Å². The normalized spacial score (nSPS) is 17.0. The van der Waals surface area contributed by atoms with Gasteiger partial charge in [-0.1, -0.05) is 103 Å². The summed E-state index contributed by atoms with van der Waals surface area (Å²) < 4.78 is 62.8. The molecule has 0 fully saturated rings. The van der Waals surface area contributed by atoms with Gasteiger partial charge in [0.25, 0.3) is 0 Å². The molecule has 1 aliphatic rings. The van der Waals surface area contributed by atoms with E-state index in [0.717, 1.165) is 49.7 Å². The van der Waals surface area contributed by atoms with Crippen LogP contribution in [0.15, 0.2) is 127 Å². The highest BCUT2D eigenvalue weighted by Gasteiger charge is 2.35. The molecule has 0 spiro atoms. The number of phosphoric acid groups is 1. The van der Waals surface area contributed by atoms with Gasteiger partial charge in [-0.2, -0.15) is 0 Å². The highest BCUT2D eigenvalue weighted by Crippen LogP contribution is 2.52. The number of allylic oxidation sites excluding steroid dienone is 3. The van der Waals surface area contributed by atoms with E-state index in [1.54, 1.807) is 72.8 Å². The fourth-order valence-electron chi connectivity index (χ4n) is 6.04. The Bertz CT molecular complexity index is 1840. The minimum atomic E-state index is -4.26. The van der Waals surface area contributed by atoms with Crippen molar-refractivity contribution in [3.8, 4) is 28.7 Å². The van der Waals surface area contributed by atoms with Crippen LogP contribution in [0.5, 0.6) is 28.7 Å². The first-order chi connectivity index (χ1) is 25.0. The van der Waals surface area contributed by atoms with Crippen LogP contribution in [0.4, 0.5) is 0 Å². The van der Waals surface area contributed by atoms with E-state index in [1.165, 1.54) is 12.2 Å². The van der Waals surface area contributed by atoms with Gasteiger partial charge in [-0.05, 0) is 99.5 Å². The predicted molar refractivity (Wildman–Crippen MR) is 204 cm³/mol. The Kier molecular flexibility index (Phi) is 13.8. The molecule has 1 aliphatic carbocycles. The monoisotopic (exact) mass is 746 g/mol. The van der Waals surface area contributed by atoms with Crippen molar-refractivity contribution in [2.45, 2.75) is 65.2 Å². The molecule has 3 atom stereocenters. The summed E-state index contributed by atoms with van der Waals surface area (Å²) in [6, 6.07) is 30.0. The minimum Gasteiger partial charge on any atom is -0.466 e. The number of ether oxygens (including phenoxy) is 1. The van der Waals surface area contributed by atoms with Gasteiger partial charge in [0.15, 0.2) is 5.75 Å². The standard InChI is InChI=1S/C41H48O9P2/c1-6-7-11-18-33-28-39(44-30-45-52(43,48-35-21-14-9-15-22-35)49-36-23-16-10-17-24-36)41(38-27-32(4)25-26-37(38)31(2)3)40(29-33)46-50-51(5,42)47-34-19-12-8-13-20-34/h8-10,12-17,19-24,27-29,37-38H,2,6-7,11,18,25-26,30H2,1,3-5H3. The molecule has 0 saturated heterocycles. The molecule has 0 aromatic heterocycles. The second kappa shape index (κ2) is 18.5. The lowest BCUT2D eigenvalue weighted by Crippen LogP contribution is -2.19. The number of hydrogen-bond donors (Lipinski definition) is 0. The number of phosphoric ester groups is 1. The lowest BCUT2D eigenvalue weighted by atomic mass is 9.73. The Morgan fingerprint density at radius 1 is 0.808 bits per heavy atom. The van der Waals surface area contributed by atoms with Crippen LogP contribution in [-0.2, 0) is 24.7 Å². The molecule has 52 heavy (non-hydrogen) atoms. The molecule has 5 rings (SSSR count). The van der Waals surface area contributed by atoms with E-state index in [0.29, 0.717) is 34.3 Å². The summed E-state index contributed by atoms with van der Waals surface area (Å²) in [6.45, 7) is 11.4. The molecule has 9 nitrogen and oxygen atoms in total. The average Bonchev–Trinajstić information content (AvgIpc) is 3.12. The maximum Gasteiger partial charge on any atom is 0.590 e. The van der Waals surface area contributed by atoms with Crippen LogP contribution >= 0.6 is 15.4 Å². The minimum absolute atomic E-state index is 0.0446. The molecule has 0 bridgehead atoms. The van der Waals surface area contributed by atoms with E-state index < -0.39 is 22.2 Å². The fourth-order valence-corrected chi connectivity index (χ4v) is 7.88. The van der Waals surface area contributed by atoms with Crippen LogP contribution in [-0.4, -0.2) is 13.5 Å². The summed E-state index contributed by atoms with van der Waals surface area (Å²) in [5.74, 6) is 1.57. The van der Waals surface area contributed by atoms with Crippen molar-refractivity contribution < 1.29 is 41.5 Å². The van der Waals surface area contributed by atoms with E-state index in [-0.39, 0.29) is 11.8 Å². The zero-order chi connectivity index (χ0) is 37.0. The maximum absolute atomic E-state index is 14.1. The van der Waals surface area contributed by atoms with Gasteiger partial charge in [-0.3, -0.25) is 0 Å². The Labute approximate surface area is 307 Å². The van der Waals surface area contributed by atoms with Crippen molar-refractivity contribution in [1.82, 2.24) is 0 Å². The van der Waals surface area contributed by atoms with Crippen molar-refractivity contribution in [2.24, 2.45) is 5.92 Å². The summed E-state index contributed by atoms with van der Waals surface area (Å²) in [5, 5.41) is 0. The largest absolute Gasteiger partial charge is 0.590 e. The first-order valence-corrected chi connectivity index (χ1v) is 21.0. The Morgan fingerprint density at radius 3 is 1.92 bits per heavy atom. The molecule has 0 radical (unpaired) electrons. The zero-order valence-electron chi connectivity index (χ0n) is 30.3. The number of hydrogen-bond acceptors (Lipinski definition) is 9. The molecule has 0 saturated carbocycles. The van der Waals surface area contributed by atoms with E-state index in [9.17, 15) is 9.13 Å². The highest BCUT2D eigenvalue weighted by atomic mass is 31.2. The molecule has 0 heterocycles. The second-order valence-corrected chi connectivity index (χ2v) is 16.4. The Hall–Kier alpha value is -4.26. The number of benzene rings is 4. The third kappa shape index (κ3) is 11.4. The number of aryl methyl sites for hydroxylation is 1. The molecule has 11 heteroatoms. The van der Waals surface area contributed by atoms with Gasteiger partial charge in [0, 0.05) is 11.5 Å². The van der Waals surface area contributed by atoms with E-state index >= 15 is 0 Å². The van der Waals surface area contributed by atoms with Gasteiger partial charge < -0.3 is 23.2 Å². The number of para-hydroxylation sites is 3. The highest BCUT2D eigenvalue weighted by molar-refractivity contribution is 7.53. The molecule has 0 amide bonds. The molecule has 4 aromatic carbocycles. The molecule has 4 aromatic rings. The molecule has 0 N–H and O–H groups in total. The topological polar surface area (TPSA) is 98.8 Å². The van der Waals surface area contributed by atoms with Crippen LogP contribution in [0, 0.1) is 5.92 Å². The third-order valence-electron chi connectivity index (χ3n) is 8.57. The molecule has 3 unspecified atom stereocenters.